The summed E-state index contributed by atoms with van der Waals surface area (Å²) in [5.41, 5.74) is 0.432. The van der Waals surface area contributed by atoms with Gasteiger partial charge in [-0.25, -0.2) is 9.78 Å². The Bertz CT molecular complexity index is 389. The summed E-state index contributed by atoms with van der Waals surface area (Å²) in [5, 5.41) is 10.2. The van der Waals surface area contributed by atoms with Crippen LogP contribution in [-0.2, 0) is 4.79 Å². The van der Waals surface area contributed by atoms with Crippen molar-refractivity contribution in [3.63, 3.8) is 0 Å². The minimum absolute atomic E-state index is 0.432. The summed E-state index contributed by atoms with van der Waals surface area (Å²) in [6.45, 7) is 1.82. The molecular formula is C11H12ClNO2S. The average molecular weight is 258 g/mol. The predicted molar refractivity (Wildman–Crippen MR) is 66.0 cm³/mol. The zero-order valence-electron chi connectivity index (χ0n) is 8.81. The smallest absolute Gasteiger partial charge is 0.331 e. The Kier molecular flexibility index (Phi) is 5.35. The van der Waals surface area contributed by atoms with Crippen molar-refractivity contribution in [3.05, 3.63) is 35.0 Å². The van der Waals surface area contributed by atoms with Crippen molar-refractivity contribution in [1.82, 2.24) is 4.98 Å². The van der Waals surface area contributed by atoms with Gasteiger partial charge in [-0.2, -0.15) is 0 Å². The van der Waals surface area contributed by atoms with Gasteiger partial charge < -0.3 is 5.11 Å². The standard InChI is InChI=1S/C11H12ClNO2S/c1-2-8(11(14)15)5-6-16-10-4-3-9(12)7-13-10/h3-5,7H,2,6H2,1H3,(H,14,15). The summed E-state index contributed by atoms with van der Waals surface area (Å²) < 4.78 is 0. The van der Waals surface area contributed by atoms with Crippen LogP contribution in [-0.4, -0.2) is 21.8 Å². The fraction of sp³-hybridized carbons (Fsp3) is 0.273. The number of aliphatic carboxylic acids is 1. The molecule has 1 heterocycles. The summed E-state index contributed by atoms with van der Waals surface area (Å²) in [6, 6.07) is 3.58. The topological polar surface area (TPSA) is 50.2 Å². The minimum atomic E-state index is -0.854. The number of hydrogen-bond acceptors (Lipinski definition) is 3. The first-order valence-corrected chi connectivity index (χ1v) is 6.16. The fourth-order valence-electron chi connectivity index (χ4n) is 1.06. The van der Waals surface area contributed by atoms with Gasteiger partial charge in [0.05, 0.1) is 10.0 Å². The van der Waals surface area contributed by atoms with E-state index in [4.69, 9.17) is 16.7 Å². The van der Waals surface area contributed by atoms with E-state index in [9.17, 15) is 4.79 Å². The minimum Gasteiger partial charge on any atom is -0.478 e. The molecule has 0 unspecified atom stereocenters. The number of rotatable bonds is 5. The molecule has 0 saturated heterocycles. The molecule has 0 saturated carbocycles. The number of carbonyl (C=O) groups is 1. The van der Waals surface area contributed by atoms with Gasteiger partial charge in [-0.1, -0.05) is 24.6 Å². The van der Waals surface area contributed by atoms with Gasteiger partial charge >= 0.3 is 5.97 Å². The molecule has 0 bridgehead atoms. The molecule has 0 fully saturated rings. The van der Waals surface area contributed by atoms with Crippen molar-refractivity contribution in [2.75, 3.05) is 5.75 Å². The molecule has 86 valence electrons. The number of carboxylic acids is 1. The molecule has 1 aromatic rings. The maximum Gasteiger partial charge on any atom is 0.331 e. The van der Waals surface area contributed by atoms with Crippen molar-refractivity contribution < 1.29 is 9.90 Å². The van der Waals surface area contributed by atoms with E-state index in [-0.39, 0.29) is 0 Å². The highest BCUT2D eigenvalue weighted by Gasteiger charge is 2.03. The molecule has 16 heavy (non-hydrogen) atoms. The average Bonchev–Trinajstić information content (AvgIpc) is 2.26. The Hall–Kier alpha value is -1.00. The van der Waals surface area contributed by atoms with Gasteiger partial charge in [0.15, 0.2) is 0 Å². The number of nitrogens with zero attached hydrogens (tertiary/aromatic N) is 1. The molecule has 0 aliphatic heterocycles. The maximum atomic E-state index is 10.7. The molecule has 0 radical (unpaired) electrons. The molecule has 3 nitrogen and oxygen atoms in total. The Morgan fingerprint density at radius 1 is 1.62 bits per heavy atom. The number of halogens is 1. The van der Waals surface area contributed by atoms with Crippen molar-refractivity contribution in [2.24, 2.45) is 0 Å². The van der Waals surface area contributed by atoms with Gasteiger partial charge in [0.25, 0.3) is 0 Å². The molecule has 0 spiro atoms. The molecular weight excluding hydrogens is 246 g/mol. The number of carboxylic acid groups (broad SMARTS) is 1. The van der Waals surface area contributed by atoms with Crippen molar-refractivity contribution in [1.29, 1.82) is 0 Å². The zero-order valence-corrected chi connectivity index (χ0v) is 10.4. The van der Waals surface area contributed by atoms with Crippen LogP contribution in [0.25, 0.3) is 0 Å². The number of pyridine rings is 1. The van der Waals surface area contributed by atoms with Crippen LogP contribution in [0.5, 0.6) is 0 Å². The Labute approximate surface area is 104 Å². The third-order valence-electron chi connectivity index (χ3n) is 1.92. The second kappa shape index (κ2) is 6.55. The van der Waals surface area contributed by atoms with Crippen molar-refractivity contribution in [2.45, 2.75) is 18.4 Å². The van der Waals surface area contributed by atoms with Gasteiger partial charge in [0.2, 0.25) is 0 Å². The van der Waals surface area contributed by atoms with Crippen molar-refractivity contribution in [3.8, 4) is 0 Å². The Balaban J connectivity index is 2.52. The van der Waals surface area contributed by atoms with E-state index in [0.717, 1.165) is 5.03 Å². The highest BCUT2D eigenvalue weighted by atomic mass is 35.5. The predicted octanol–water partition coefficient (Wildman–Crippen LogP) is 3.25. The van der Waals surface area contributed by atoms with Crippen LogP contribution in [0.3, 0.4) is 0 Å². The normalized spacial score (nSPS) is 11.5. The molecule has 1 N–H and O–H groups in total. The lowest BCUT2D eigenvalue weighted by atomic mass is 10.2. The lowest BCUT2D eigenvalue weighted by Gasteiger charge is -1.99. The molecule has 0 aliphatic rings. The lowest BCUT2D eigenvalue weighted by molar-refractivity contribution is -0.132. The van der Waals surface area contributed by atoms with Crippen LogP contribution in [0.4, 0.5) is 0 Å². The highest BCUT2D eigenvalue weighted by Crippen LogP contribution is 2.18. The van der Waals surface area contributed by atoms with E-state index in [0.29, 0.717) is 22.8 Å². The van der Waals surface area contributed by atoms with E-state index >= 15 is 0 Å². The lowest BCUT2D eigenvalue weighted by Crippen LogP contribution is -1.99. The second-order valence-electron chi connectivity index (χ2n) is 3.01. The number of aromatic nitrogens is 1. The quantitative estimate of drug-likeness (QED) is 0.650. The van der Waals surface area contributed by atoms with Crippen LogP contribution in [0.2, 0.25) is 5.02 Å². The summed E-state index contributed by atoms with van der Waals surface area (Å²) in [4.78, 5) is 14.8. The van der Waals surface area contributed by atoms with Gasteiger partial charge in [-0.15, -0.1) is 11.8 Å². The highest BCUT2D eigenvalue weighted by molar-refractivity contribution is 7.99. The van der Waals surface area contributed by atoms with E-state index in [1.165, 1.54) is 11.8 Å². The largest absolute Gasteiger partial charge is 0.478 e. The summed E-state index contributed by atoms with van der Waals surface area (Å²) in [6.07, 6.45) is 3.82. The van der Waals surface area contributed by atoms with Crippen LogP contribution in [0.15, 0.2) is 35.0 Å². The molecule has 5 heteroatoms. The Morgan fingerprint density at radius 3 is 2.88 bits per heavy atom. The van der Waals surface area contributed by atoms with Gasteiger partial charge in [0, 0.05) is 17.5 Å². The molecule has 0 atom stereocenters. The van der Waals surface area contributed by atoms with E-state index < -0.39 is 5.97 Å². The summed E-state index contributed by atoms with van der Waals surface area (Å²) in [7, 11) is 0. The van der Waals surface area contributed by atoms with E-state index in [2.05, 4.69) is 4.98 Å². The van der Waals surface area contributed by atoms with Gasteiger partial charge in [-0.3, -0.25) is 0 Å². The van der Waals surface area contributed by atoms with Crippen molar-refractivity contribution >= 4 is 29.3 Å². The van der Waals surface area contributed by atoms with Gasteiger partial charge in [-0.05, 0) is 18.6 Å². The second-order valence-corrected chi connectivity index (χ2v) is 4.49. The first kappa shape index (κ1) is 13.1. The first-order valence-electron chi connectivity index (χ1n) is 4.80. The van der Waals surface area contributed by atoms with Crippen LogP contribution >= 0.6 is 23.4 Å². The molecule has 0 amide bonds. The maximum absolute atomic E-state index is 10.7. The molecule has 0 aliphatic carbocycles. The third-order valence-corrected chi connectivity index (χ3v) is 3.01. The van der Waals surface area contributed by atoms with E-state index in [1.807, 2.05) is 13.0 Å². The first-order chi connectivity index (χ1) is 7.63. The Morgan fingerprint density at radius 2 is 2.38 bits per heavy atom. The molecule has 1 aromatic heterocycles. The summed E-state index contributed by atoms with van der Waals surface area (Å²) in [5.74, 6) is -0.253. The van der Waals surface area contributed by atoms with Crippen LogP contribution in [0.1, 0.15) is 13.3 Å². The number of hydrogen-bond donors (Lipinski definition) is 1. The monoisotopic (exact) mass is 257 g/mol. The summed E-state index contributed by atoms with van der Waals surface area (Å²) >= 11 is 7.18. The zero-order chi connectivity index (χ0) is 12.0. The SMILES string of the molecule is CCC(=CCSc1ccc(Cl)cn1)C(=O)O. The molecule has 1 rings (SSSR count). The fourth-order valence-corrected chi connectivity index (χ4v) is 1.92. The van der Waals surface area contributed by atoms with Crippen LogP contribution < -0.4 is 0 Å². The van der Waals surface area contributed by atoms with E-state index in [1.54, 1.807) is 18.3 Å². The van der Waals surface area contributed by atoms with Gasteiger partial charge in [0.1, 0.15) is 0 Å². The number of thioether (sulfide) groups is 1. The third kappa shape index (κ3) is 4.24. The molecule has 0 aromatic carbocycles. The van der Waals surface area contributed by atoms with Crippen LogP contribution in [0, 0.1) is 0 Å².